The van der Waals surface area contributed by atoms with Crippen LogP contribution in [0.1, 0.15) is 24.1 Å². The minimum absolute atomic E-state index is 0.180. The van der Waals surface area contributed by atoms with Gasteiger partial charge in [-0.1, -0.05) is 35.9 Å². The molecule has 0 saturated carbocycles. The molecule has 3 aromatic carbocycles. The summed E-state index contributed by atoms with van der Waals surface area (Å²) in [5.74, 6) is 0.813. The number of nitro groups is 1. The summed E-state index contributed by atoms with van der Waals surface area (Å²) >= 11 is 0. The smallest absolute Gasteiger partial charge is 0.270 e. The van der Waals surface area contributed by atoms with Gasteiger partial charge in [-0.2, -0.15) is 0 Å². The van der Waals surface area contributed by atoms with E-state index in [-0.39, 0.29) is 10.6 Å². The van der Waals surface area contributed by atoms with Crippen LogP contribution in [0.25, 0.3) is 0 Å². The molecule has 3 aromatic rings. The number of nitro benzene ring substituents is 1. The molecule has 0 N–H and O–H groups in total. The minimum Gasteiger partial charge on any atom is -0.493 e. The van der Waals surface area contributed by atoms with Crippen LogP contribution in [-0.2, 0) is 10.0 Å². The zero-order valence-electron chi connectivity index (χ0n) is 18.2. The number of non-ortho nitro benzene ring substituents is 1. The molecule has 0 unspecified atom stereocenters. The van der Waals surface area contributed by atoms with Crippen LogP contribution in [0.5, 0.6) is 11.5 Å². The highest BCUT2D eigenvalue weighted by molar-refractivity contribution is 7.92. The second kappa shape index (κ2) is 9.27. The zero-order valence-corrected chi connectivity index (χ0v) is 19.0. The second-order valence-electron chi connectivity index (χ2n) is 7.18. The summed E-state index contributed by atoms with van der Waals surface area (Å²) in [4.78, 5) is 10.4. The van der Waals surface area contributed by atoms with Gasteiger partial charge in [0.15, 0.2) is 11.5 Å². The quantitative estimate of drug-likeness (QED) is 0.354. The van der Waals surface area contributed by atoms with Gasteiger partial charge in [0.05, 0.1) is 35.8 Å². The van der Waals surface area contributed by atoms with Gasteiger partial charge in [0.2, 0.25) is 0 Å². The predicted molar refractivity (Wildman–Crippen MR) is 122 cm³/mol. The van der Waals surface area contributed by atoms with Crippen LogP contribution < -0.4 is 13.8 Å². The zero-order chi connectivity index (χ0) is 23.5. The predicted octanol–water partition coefficient (Wildman–Crippen LogP) is 4.88. The van der Waals surface area contributed by atoms with Gasteiger partial charge in [0, 0.05) is 18.2 Å². The lowest BCUT2D eigenvalue weighted by atomic mass is 10.1. The van der Waals surface area contributed by atoms with Crippen LogP contribution in [0.15, 0.2) is 71.6 Å². The number of aryl methyl sites for hydroxylation is 1. The van der Waals surface area contributed by atoms with Crippen molar-refractivity contribution in [2.24, 2.45) is 0 Å². The molecule has 9 heteroatoms. The summed E-state index contributed by atoms with van der Waals surface area (Å²) in [6.45, 7) is 3.69. The molecule has 0 spiro atoms. The molecule has 8 nitrogen and oxygen atoms in total. The Bertz CT molecular complexity index is 1240. The molecule has 168 valence electrons. The Morgan fingerprint density at radius 3 is 2.25 bits per heavy atom. The topological polar surface area (TPSA) is 99.0 Å². The SMILES string of the molecule is COc1ccc(N([C@@H](C)c2cccc(C)c2)S(=O)(=O)c2cccc([N+](=O)[O-])c2)cc1OC. The fourth-order valence-electron chi connectivity index (χ4n) is 3.47. The van der Waals surface area contributed by atoms with Crippen molar-refractivity contribution in [2.45, 2.75) is 24.8 Å². The third-order valence-corrected chi connectivity index (χ3v) is 6.98. The molecular formula is C23H24N2O6S. The van der Waals surface area contributed by atoms with Crippen molar-refractivity contribution in [3.05, 3.63) is 88.0 Å². The van der Waals surface area contributed by atoms with Gasteiger partial charge >= 0.3 is 0 Å². The number of benzene rings is 3. The van der Waals surface area contributed by atoms with Crippen LogP contribution >= 0.6 is 0 Å². The molecular weight excluding hydrogens is 432 g/mol. The molecule has 0 saturated heterocycles. The molecule has 0 amide bonds. The average Bonchev–Trinajstić information content (AvgIpc) is 2.78. The van der Waals surface area contributed by atoms with Crippen molar-refractivity contribution >= 4 is 21.4 Å². The van der Waals surface area contributed by atoms with Crippen LogP contribution in [0, 0.1) is 17.0 Å². The van der Waals surface area contributed by atoms with Crippen molar-refractivity contribution in [3.8, 4) is 11.5 Å². The molecule has 0 bridgehead atoms. The van der Waals surface area contributed by atoms with Gasteiger partial charge in [-0.05, 0) is 37.6 Å². The van der Waals surface area contributed by atoms with Gasteiger partial charge in [0.1, 0.15) is 0 Å². The van der Waals surface area contributed by atoms with E-state index in [9.17, 15) is 18.5 Å². The standard InChI is InChI=1S/C23H24N2O6S/c1-16-7-5-8-18(13-16)17(2)24(19-11-12-22(30-3)23(15-19)31-4)32(28,29)21-10-6-9-20(14-21)25(26)27/h5-15,17H,1-4H3/t17-/m0/s1. The molecule has 1 atom stereocenters. The first-order chi connectivity index (χ1) is 15.2. The first-order valence-electron chi connectivity index (χ1n) is 9.76. The van der Waals surface area contributed by atoms with E-state index in [1.165, 1.54) is 36.7 Å². The van der Waals surface area contributed by atoms with Crippen LogP contribution in [0.2, 0.25) is 0 Å². The van der Waals surface area contributed by atoms with Gasteiger partial charge < -0.3 is 9.47 Å². The third kappa shape index (κ3) is 4.52. The number of hydrogen-bond acceptors (Lipinski definition) is 6. The molecule has 0 aliphatic rings. The average molecular weight is 457 g/mol. The van der Waals surface area contributed by atoms with Crippen molar-refractivity contribution in [1.82, 2.24) is 0 Å². The van der Waals surface area contributed by atoms with E-state index in [0.29, 0.717) is 17.2 Å². The van der Waals surface area contributed by atoms with E-state index in [1.807, 2.05) is 31.2 Å². The van der Waals surface area contributed by atoms with Crippen LogP contribution in [0.4, 0.5) is 11.4 Å². The number of sulfonamides is 1. The molecule has 0 heterocycles. The summed E-state index contributed by atoms with van der Waals surface area (Å²) in [7, 11) is -1.23. The summed E-state index contributed by atoms with van der Waals surface area (Å²) in [5, 5.41) is 11.2. The Labute approximate surface area is 187 Å². The number of nitrogens with zero attached hydrogens (tertiary/aromatic N) is 2. The Morgan fingerprint density at radius 2 is 1.62 bits per heavy atom. The number of hydrogen-bond donors (Lipinski definition) is 0. The lowest BCUT2D eigenvalue weighted by Crippen LogP contribution is -2.33. The third-order valence-electron chi connectivity index (χ3n) is 5.08. The number of anilines is 1. The molecule has 0 radical (unpaired) electrons. The fourth-order valence-corrected chi connectivity index (χ4v) is 5.15. The van der Waals surface area contributed by atoms with E-state index in [2.05, 4.69) is 0 Å². The first-order valence-corrected chi connectivity index (χ1v) is 11.2. The second-order valence-corrected chi connectivity index (χ2v) is 9.00. The number of ether oxygens (including phenoxy) is 2. The maximum atomic E-state index is 13.8. The molecule has 3 rings (SSSR count). The van der Waals surface area contributed by atoms with Gasteiger partial charge in [0.25, 0.3) is 15.7 Å². The maximum absolute atomic E-state index is 13.8. The lowest BCUT2D eigenvalue weighted by Gasteiger charge is -2.31. The van der Waals surface area contributed by atoms with E-state index >= 15 is 0 Å². The van der Waals surface area contributed by atoms with Crippen molar-refractivity contribution in [1.29, 1.82) is 0 Å². The fraction of sp³-hybridized carbons (Fsp3) is 0.217. The summed E-state index contributed by atoms with van der Waals surface area (Å²) < 4.78 is 39.5. The summed E-state index contributed by atoms with van der Waals surface area (Å²) in [6, 6.07) is 16.7. The summed E-state index contributed by atoms with van der Waals surface area (Å²) in [6.07, 6.45) is 0. The Balaban J connectivity index is 2.22. The normalized spacial score (nSPS) is 12.1. The van der Waals surface area contributed by atoms with Crippen molar-refractivity contribution < 1.29 is 22.8 Å². The number of methoxy groups -OCH3 is 2. The first kappa shape index (κ1) is 23.1. The summed E-state index contributed by atoms with van der Waals surface area (Å²) in [5.41, 5.74) is 1.79. The molecule has 0 fully saturated rings. The number of rotatable bonds is 8. The monoisotopic (exact) mass is 456 g/mol. The van der Waals surface area contributed by atoms with Crippen LogP contribution in [-0.4, -0.2) is 27.6 Å². The highest BCUT2D eigenvalue weighted by Gasteiger charge is 2.32. The van der Waals surface area contributed by atoms with Gasteiger partial charge in [-0.3, -0.25) is 14.4 Å². The Kier molecular flexibility index (Phi) is 6.69. The molecule has 0 aliphatic carbocycles. The van der Waals surface area contributed by atoms with Crippen molar-refractivity contribution in [2.75, 3.05) is 18.5 Å². The van der Waals surface area contributed by atoms with Crippen molar-refractivity contribution in [3.63, 3.8) is 0 Å². The molecule has 0 aliphatic heterocycles. The highest BCUT2D eigenvalue weighted by atomic mass is 32.2. The minimum atomic E-state index is -4.18. The van der Waals surface area contributed by atoms with Gasteiger partial charge in [-0.25, -0.2) is 8.42 Å². The van der Waals surface area contributed by atoms with E-state index < -0.39 is 21.0 Å². The molecule has 0 aromatic heterocycles. The largest absolute Gasteiger partial charge is 0.493 e. The lowest BCUT2D eigenvalue weighted by molar-refractivity contribution is -0.385. The molecule has 32 heavy (non-hydrogen) atoms. The Morgan fingerprint density at radius 1 is 0.938 bits per heavy atom. The van der Waals surface area contributed by atoms with E-state index in [1.54, 1.807) is 25.1 Å². The maximum Gasteiger partial charge on any atom is 0.270 e. The highest BCUT2D eigenvalue weighted by Crippen LogP contribution is 2.38. The van der Waals surface area contributed by atoms with Crippen LogP contribution in [0.3, 0.4) is 0 Å². The Hall–Kier alpha value is -3.59. The van der Waals surface area contributed by atoms with E-state index in [0.717, 1.165) is 17.2 Å². The van der Waals surface area contributed by atoms with E-state index in [4.69, 9.17) is 9.47 Å². The van der Waals surface area contributed by atoms with Gasteiger partial charge in [-0.15, -0.1) is 0 Å².